The molecule has 1 N–H and O–H groups in total. The van der Waals surface area contributed by atoms with Gasteiger partial charge in [0.25, 0.3) is 5.91 Å². The van der Waals surface area contributed by atoms with E-state index in [1.165, 1.54) is 24.3 Å². The number of halogens is 4. The van der Waals surface area contributed by atoms with Crippen LogP contribution in [0.3, 0.4) is 0 Å². The molecule has 1 amide bonds. The van der Waals surface area contributed by atoms with Crippen LogP contribution >= 0.6 is 0 Å². The number of fused-ring (bicyclic) bond motifs is 2. The molecule has 2 aliphatic carbocycles. The highest BCUT2D eigenvalue weighted by atomic mass is 19.4. The van der Waals surface area contributed by atoms with Gasteiger partial charge in [0, 0.05) is 35.8 Å². The lowest BCUT2D eigenvalue weighted by molar-refractivity contribution is -0.138. The summed E-state index contributed by atoms with van der Waals surface area (Å²) < 4.78 is 53.7. The smallest absolute Gasteiger partial charge is 0.416 e. The average Bonchev–Trinajstić information content (AvgIpc) is 3.56. The maximum atomic E-state index is 14.6. The molecule has 36 heavy (non-hydrogen) atoms. The fraction of sp³-hybridized carbons (Fsp3) is 0.481. The van der Waals surface area contributed by atoms with Gasteiger partial charge < -0.3 is 10.0 Å². The van der Waals surface area contributed by atoms with E-state index in [9.17, 15) is 27.2 Å². The van der Waals surface area contributed by atoms with Gasteiger partial charge in [-0.05, 0) is 92.6 Å². The van der Waals surface area contributed by atoms with Crippen molar-refractivity contribution >= 4 is 17.6 Å². The summed E-state index contributed by atoms with van der Waals surface area (Å²) in [5.41, 5.74) is 0.613. The van der Waals surface area contributed by atoms with Crippen LogP contribution in [0.4, 0.5) is 23.2 Å². The lowest BCUT2D eigenvalue weighted by Crippen LogP contribution is -2.52. The summed E-state index contributed by atoms with van der Waals surface area (Å²) in [6, 6.07) is 8.60. The van der Waals surface area contributed by atoms with Crippen LogP contribution in [-0.2, 0) is 11.0 Å². The molecule has 2 fully saturated rings. The molecule has 5 nitrogen and oxygen atoms in total. The Morgan fingerprint density at radius 1 is 1.03 bits per heavy atom. The predicted molar refractivity (Wildman–Crippen MR) is 125 cm³/mol. The standard InChI is InChI=1S/C27H28F4N2O3/c28-18-10-13-23-21(15-18)25(32(19-11-12-19)14-2-5-24(34)35)20-3-1-4-22(20)33(23)26(36)16-6-8-17(9-7-16)27(29,30)31/h6-10,13,15,19-20,22,25H,1-5,11-12,14H2,(H,34,35)/t20-,22+,25-/m1/s1. The molecule has 0 spiro atoms. The van der Waals surface area contributed by atoms with E-state index in [2.05, 4.69) is 4.90 Å². The van der Waals surface area contributed by atoms with Gasteiger partial charge in [0.15, 0.2) is 0 Å². The van der Waals surface area contributed by atoms with E-state index < -0.39 is 29.4 Å². The molecule has 2 aromatic rings. The normalized spacial score (nSPS) is 23.5. The number of carbonyl (C=O) groups excluding carboxylic acids is 1. The first-order valence-electron chi connectivity index (χ1n) is 12.4. The Morgan fingerprint density at radius 2 is 1.75 bits per heavy atom. The summed E-state index contributed by atoms with van der Waals surface area (Å²) in [6.45, 7) is 0.577. The zero-order chi connectivity index (χ0) is 25.6. The Balaban J connectivity index is 1.52. The van der Waals surface area contributed by atoms with Gasteiger partial charge in [0.2, 0.25) is 0 Å². The molecule has 192 valence electrons. The van der Waals surface area contributed by atoms with Crippen LogP contribution in [0, 0.1) is 11.7 Å². The van der Waals surface area contributed by atoms with E-state index in [0.717, 1.165) is 44.2 Å². The van der Waals surface area contributed by atoms with E-state index in [4.69, 9.17) is 5.11 Å². The lowest BCUT2D eigenvalue weighted by atomic mass is 9.81. The average molecular weight is 505 g/mol. The lowest BCUT2D eigenvalue weighted by Gasteiger charge is -2.48. The fourth-order valence-corrected chi connectivity index (χ4v) is 6.04. The van der Waals surface area contributed by atoms with Gasteiger partial charge in [-0.3, -0.25) is 14.5 Å². The van der Waals surface area contributed by atoms with E-state index in [1.54, 1.807) is 11.0 Å². The van der Waals surface area contributed by atoms with Crippen molar-refractivity contribution in [3.05, 3.63) is 65.0 Å². The van der Waals surface area contributed by atoms with Gasteiger partial charge in [-0.2, -0.15) is 13.2 Å². The Kier molecular flexibility index (Phi) is 6.53. The molecule has 2 aromatic carbocycles. The molecule has 2 saturated carbocycles. The van der Waals surface area contributed by atoms with Crippen molar-refractivity contribution in [3.63, 3.8) is 0 Å². The molecule has 0 bridgehead atoms. The van der Waals surface area contributed by atoms with Crippen LogP contribution in [0.5, 0.6) is 0 Å². The summed E-state index contributed by atoms with van der Waals surface area (Å²) in [5.74, 6) is -1.63. The van der Waals surface area contributed by atoms with E-state index >= 15 is 0 Å². The van der Waals surface area contributed by atoms with Crippen molar-refractivity contribution in [2.45, 2.75) is 69.2 Å². The molecular weight excluding hydrogens is 476 g/mol. The van der Waals surface area contributed by atoms with Crippen molar-refractivity contribution in [3.8, 4) is 0 Å². The van der Waals surface area contributed by atoms with Crippen molar-refractivity contribution in [1.29, 1.82) is 0 Å². The van der Waals surface area contributed by atoms with E-state index in [1.807, 2.05) is 0 Å². The van der Waals surface area contributed by atoms with Crippen molar-refractivity contribution in [2.75, 3.05) is 11.4 Å². The Bertz CT molecular complexity index is 1150. The van der Waals surface area contributed by atoms with Crippen molar-refractivity contribution in [2.24, 2.45) is 5.92 Å². The van der Waals surface area contributed by atoms with Crippen LogP contribution in [0.1, 0.15) is 72.5 Å². The maximum absolute atomic E-state index is 14.6. The summed E-state index contributed by atoms with van der Waals surface area (Å²) in [6.07, 6.45) is 0.513. The molecule has 0 saturated heterocycles. The number of carboxylic acid groups (broad SMARTS) is 1. The molecule has 3 atom stereocenters. The third-order valence-electron chi connectivity index (χ3n) is 7.69. The van der Waals surface area contributed by atoms with Crippen LogP contribution in [-0.4, -0.2) is 40.5 Å². The number of nitrogens with zero attached hydrogens (tertiary/aromatic N) is 2. The quantitative estimate of drug-likeness (QED) is 0.467. The summed E-state index contributed by atoms with van der Waals surface area (Å²) in [5, 5.41) is 9.13. The third kappa shape index (κ3) is 4.73. The van der Waals surface area contributed by atoms with Gasteiger partial charge in [0.05, 0.1) is 5.56 Å². The predicted octanol–water partition coefficient (Wildman–Crippen LogP) is 6.04. The first kappa shape index (κ1) is 24.7. The highest BCUT2D eigenvalue weighted by Crippen LogP contribution is 2.53. The number of anilines is 1. The van der Waals surface area contributed by atoms with E-state index in [0.29, 0.717) is 30.3 Å². The number of hydrogen-bond donors (Lipinski definition) is 1. The number of aliphatic carboxylic acids is 1. The van der Waals surface area contributed by atoms with Crippen molar-refractivity contribution in [1.82, 2.24) is 4.90 Å². The monoisotopic (exact) mass is 504 g/mol. The second kappa shape index (κ2) is 9.50. The van der Waals surface area contributed by atoms with Crippen LogP contribution in [0.2, 0.25) is 0 Å². The van der Waals surface area contributed by atoms with Gasteiger partial charge in [-0.25, -0.2) is 4.39 Å². The van der Waals surface area contributed by atoms with Crippen molar-refractivity contribution < 1.29 is 32.3 Å². The van der Waals surface area contributed by atoms with Gasteiger partial charge >= 0.3 is 12.1 Å². The van der Waals surface area contributed by atoms with Gasteiger partial charge in [-0.1, -0.05) is 6.42 Å². The minimum atomic E-state index is -4.49. The van der Waals surface area contributed by atoms with Crippen LogP contribution in [0.15, 0.2) is 42.5 Å². The highest BCUT2D eigenvalue weighted by molar-refractivity contribution is 6.07. The third-order valence-corrected chi connectivity index (χ3v) is 7.69. The molecular formula is C27H28F4N2O3. The number of amides is 1. The Hall–Kier alpha value is -2.94. The molecule has 1 aliphatic heterocycles. The topological polar surface area (TPSA) is 60.9 Å². The minimum absolute atomic E-state index is 0.0307. The summed E-state index contributed by atoms with van der Waals surface area (Å²) >= 11 is 0. The molecule has 0 unspecified atom stereocenters. The fourth-order valence-electron chi connectivity index (χ4n) is 6.04. The highest BCUT2D eigenvalue weighted by Gasteiger charge is 2.50. The SMILES string of the molecule is O=C(O)CCCN(C1CC1)[C@H]1c2cc(F)ccc2N(C(=O)c2ccc(C(F)(F)F)cc2)[C@H]2CCC[C@H]21. The van der Waals surface area contributed by atoms with Gasteiger partial charge in [0.1, 0.15) is 5.82 Å². The molecule has 1 heterocycles. The second-order valence-electron chi connectivity index (χ2n) is 10.0. The largest absolute Gasteiger partial charge is 0.481 e. The molecule has 0 radical (unpaired) electrons. The molecule has 0 aromatic heterocycles. The number of alkyl halides is 3. The molecule has 3 aliphatic rings. The number of carbonyl (C=O) groups is 2. The first-order chi connectivity index (χ1) is 17.1. The number of hydrogen-bond acceptors (Lipinski definition) is 3. The van der Waals surface area contributed by atoms with Crippen LogP contribution in [0.25, 0.3) is 0 Å². The molecule has 9 heteroatoms. The second-order valence-corrected chi connectivity index (χ2v) is 10.0. The summed E-state index contributed by atoms with van der Waals surface area (Å²) in [7, 11) is 0. The first-order valence-corrected chi connectivity index (χ1v) is 12.4. The zero-order valence-electron chi connectivity index (χ0n) is 19.7. The number of carboxylic acids is 1. The number of rotatable bonds is 7. The van der Waals surface area contributed by atoms with Crippen LogP contribution < -0.4 is 4.90 Å². The number of benzene rings is 2. The van der Waals surface area contributed by atoms with Gasteiger partial charge in [-0.15, -0.1) is 0 Å². The Morgan fingerprint density at radius 3 is 2.39 bits per heavy atom. The van der Waals surface area contributed by atoms with E-state index in [-0.39, 0.29) is 30.0 Å². The minimum Gasteiger partial charge on any atom is -0.481 e. The zero-order valence-corrected chi connectivity index (χ0v) is 19.7. The summed E-state index contributed by atoms with van der Waals surface area (Å²) in [4.78, 5) is 28.8. The maximum Gasteiger partial charge on any atom is 0.416 e. The Labute approximate surface area is 206 Å². The molecule has 5 rings (SSSR count).